The Morgan fingerprint density at radius 1 is 1.29 bits per heavy atom. The van der Waals surface area contributed by atoms with E-state index in [1.165, 1.54) is 6.08 Å². The minimum absolute atomic E-state index is 0.0361. The van der Waals surface area contributed by atoms with E-state index in [1.54, 1.807) is 30.3 Å². The quantitative estimate of drug-likeness (QED) is 0.733. The molecular formula is C13H14N2O5S. The summed E-state index contributed by atoms with van der Waals surface area (Å²) in [5, 5.41) is 14.2. The normalized spacial score (nSPS) is 22.2. The molecule has 0 saturated heterocycles. The molecule has 0 radical (unpaired) electrons. The third-order valence-electron chi connectivity index (χ3n) is 2.93. The van der Waals surface area contributed by atoms with E-state index in [-0.39, 0.29) is 12.2 Å². The fourth-order valence-corrected chi connectivity index (χ4v) is 2.59. The van der Waals surface area contributed by atoms with Crippen molar-refractivity contribution in [3.05, 3.63) is 53.1 Å². The number of carboxylic acids is 1. The second-order valence-electron chi connectivity index (χ2n) is 4.59. The first-order valence-corrected chi connectivity index (χ1v) is 7.48. The van der Waals surface area contributed by atoms with E-state index < -0.39 is 26.4 Å². The maximum Gasteiger partial charge on any atom is 0.328 e. The third kappa shape index (κ3) is 3.30. The lowest BCUT2D eigenvalue weighted by Crippen LogP contribution is -2.48. The van der Waals surface area contributed by atoms with Gasteiger partial charge in [0, 0.05) is 6.42 Å². The van der Waals surface area contributed by atoms with Gasteiger partial charge in [-0.1, -0.05) is 18.2 Å². The molecule has 0 spiro atoms. The topological polar surface area (TPSA) is 133 Å². The van der Waals surface area contributed by atoms with Crippen molar-refractivity contribution in [3.8, 4) is 5.75 Å². The van der Waals surface area contributed by atoms with Crippen LogP contribution in [0.4, 0.5) is 0 Å². The molecular weight excluding hydrogens is 296 g/mol. The molecule has 1 aromatic carbocycles. The first-order chi connectivity index (χ1) is 9.72. The summed E-state index contributed by atoms with van der Waals surface area (Å²) in [6.07, 6.45) is 2.10. The largest absolute Gasteiger partial charge is 0.480 e. The van der Waals surface area contributed by atoms with Gasteiger partial charge in [-0.2, -0.15) is 0 Å². The summed E-state index contributed by atoms with van der Waals surface area (Å²) in [5.41, 5.74) is 3.82. The number of nitrogens with two attached hydrogens (primary N) is 2. The van der Waals surface area contributed by atoms with Gasteiger partial charge in [0.1, 0.15) is 22.0 Å². The van der Waals surface area contributed by atoms with Gasteiger partial charge in [-0.15, -0.1) is 0 Å². The number of hydrogen-bond donors (Lipinski definition) is 3. The average molecular weight is 310 g/mol. The molecule has 0 fully saturated rings. The zero-order chi connectivity index (χ0) is 15.7. The Kier molecular flexibility index (Phi) is 3.86. The van der Waals surface area contributed by atoms with Crippen LogP contribution in [0.3, 0.4) is 0 Å². The molecule has 5 N–H and O–H groups in total. The fourth-order valence-electron chi connectivity index (χ4n) is 1.81. The molecule has 0 saturated carbocycles. The number of hydrogen-bond acceptors (Lipinski definition) is 5. The zero-order valence-corrected chi connectivity index (χ0v) is 11.7. The van der Waals surface area contributed by atoms with E-state index in [0.29, 0.717) is 5.75 Å². The predicted molar refractivity (Wildman–Crippen MR) is 75.5 cm³/mol. The summed E-state index contributed by atoms with van der Waals surface area (Å²) in [6, 6.07) is 8.45. The van der Waals surface area contributed by atoms with Crippen LogP contribution in [-0.4, -0.2) is 25.0 Å². The van der Waals surface area contributed by atoms with Gasteiger partial charge in [-0.3, -0.25) is 0 Å². The van der Waals surface area contributed by atoms with Crippen molar-refractivity contribution in [2.24, 2.45) is 10.9 Å². The highest BCUT2D eigenvalue weighted by molar-refractivity contribution is 7.93. The second kappa shape index (κ2) is 5.32. The maximum atomic E-state index is 11.6. The van der Waals surface area contributed by atoms with E-state index in [9.17, 15) is 13.2 Å². The monoisotopic (exact) mass is 310 g/mol. The highest BCUT2D eigenvalue weighted by Crippen LogP contribution is 2.29. The summed E-state index contributed by atoms with van der Waals surface area (Å²) in [4.78, 5) is 10.7. The van der Waals surface area contributed by atoms with Crippen molar-refractivity contribution >= 4 is 16.0 Å². The SMILES string of the molecule is NC1(C(=O)O)C=C(S(N)(=O)=O)C(Oc2ccccc2)=CC1. The molecule has 1 aliphatic carbocycles. The Balaban J connectivity index is 2.41. The molecule has 0 bridgehead atoms. The minimum atomic E-state index is -4.18. The van der Waals surface area contributed by atoms with Crippen molar-refractivity contribution in [1.82, 2.24) is 0 Å². The molecule has 0 heterocycles. The summed E-state index contributed by atoms with van der Waals surface area (Å²) >= 11 is 0. The smallest absolute Gasteiger partial charge is 0.328 e. The van der Waals surface area contributed by atoms with Crippen LogP contribution in [0.25, 0.3) is 0 Å². The van der Waals surface area contributed by atoms with Crippen LogP contribution < -0.4 is 15.6 Å². The Morgan fingerprint density at radius 2 is 1.90 bits per heavy atom. The maximum absolute atomic E-state index is 11.6. The lowest BCUT2D eigenvalue weighted by atomic mass is 9.92. The van der Waals surface area contributed by atoms with Crippen molar-refractivity contribution in [3.63, 3.8) is 0 Å². The summed E-state index contributed by atoms with van der Waals surface area (Å²) < 4.78 is 28.7. The van der Waals surface area contributed by atoms with E-state index in [2.05, 4.69) is 0 Å². The number of rotatable bonds is 4. The van der Waals surface area contributed by atoms with Gasteiger partial charge in [0.25, 0.3) is 0 Å². The van der Waals surface area contributed by atoms with E-state index in [1.807, 2.05) is 0 Å². The molecule has 1 aliphatic rings. The summed E-state index contributed by atoms with van der Waals surface area (Å²) in [5.74, 6) is -0.983. The molecule has 1 aromatic rings. The molecule has 1 atom stereocenters. The first kappa shape index (κ1) is 15.2. The Hall–Kier alpha value is -2.16. The molecule has 112 valence electrons. The Bertz CT molecular complexity index is 724. The summed E-state index contributed by atoms with van der Waals surface area (Å²) in [7, 11) is -4.18. The van der Waals surface area contributed by atoms with E-state index >= 15 is 0 Å². The number of carboxylic acid groups (broad SMARTS) is 1. The van der Waals surface area contributed by atoms with Gasteiger partial charge in [-0.25, -0.2) is 18.4 Å². The van der Waals surface area contributed by atoms with E-state index in [4.69, 9.17) is 20.7 Å². The van der Waals surface area contributed by atoms with Crippen LogP contribution in [-0.2, 0) is 14.8 Å². The predicted octanol–water partition coefficient (Wildman–Crippen LogP) is 0.308. The molecule has 0 aliphatic heterocycles. The number of ether oxygens (including phenoxy) is 1. The number of sulfonamides is 1. The number of para-hydroxylation sites is 1. The molecule has 7 nitrogen and oxygen atoms in total. The lowest BCUT2D eigenvalue weighted by Gasteiger charge is -2.26. The second-order valence-corrected chi connectivity index (χ2v) is 6.12. The van der Waals surface area contributed by atoms with Crippen LogP contribution in [0.15, 0.2) is 53.1 Å². The molecule has 21 heavy (non-hydrogen) atoms. The van der Waals surface area contributed by atoms with Crippen LogP contribution >= 0.6 is 0 Å². The van der Waals surface area contributed by atoms with Gasteiger partial charge in [0.15, 0.2) is 0 Å². The Morgan fingerprint density at radius 3 is 2.43 bits per heavy atom. The molecule has 0 aromatic heterocycles. The highest BCUT2D eigenvalue weighted by atomic mass is 32.2. The van der Waals surface area contributed by atoms with Gasteiger partial charge >= 0.3 is 5.97 Å². The van der Waals surface area contributed by atoms with Crippen molar-refractivity contribution in [2.45, 2.75) is 12.0 Å². The van der Waals surface area contributed by atoms with Crippen molar-refractivity contribution in [1.29, 1.82) is 0 Å². The number of benzene rings is 1. The Labute approximate surface area is 121 Å². The van der Waals surface area contributed by atoms with Crippen LogP contribution in [0.5, 0.6) is 5.75 Å². The summed E-state index contributed by atoms with van der Waals surface area (Å²) in [6.45, 7) is 0. The zero-order valence-electron chi connectivity index (χ0n) is 10.9. The number of carbonyl (C=O) groups is 1. The number of aliphatic carboxylic acids is 1. The van der Waals surface area contributed by atoms with Crippen molar-refractivity contribution < 1.29 is 23.1 Å². The number of primary sulfonamides is 1. The standard InChI is InChI=1S/C13H14N2O5S/c14-13(12(16)17)7-6-10(11(8-13)21(15,18)19)20-9-4-2-1-3-5-9/h1-6,8H,7,14H2,(H,16,17)(H2,15,18,19). The van der Waals surface area contributed by atoms with Crippen molar-refractivity contribution in [2.75, 3.05) is 0 Å². The molecule has 8 heteroatoms. The van der Waals surface area contributed by atoms with Crippen LogP contribution in [0.1, 0.15) is 6.42 Å². The molecule has 1 unspecified atom stereocenters. The molecule has 0 amide bonds. The van der Waals surface area contributed by atoms with Gasteiger partial charge in [-0.05, 0) is 24.3 Å². The first-order valence-electron chi connectivity index (χ1n) is 5.94. The van der Waals surface area contributed by atoms with Gasteiger partial charge in [0.2, 0.25) is 10.0 Å². The molecule has 2 rings (SSSR count). The lowest BCUT2D eigenvalue weighted by molar-refractivity contribution is -0.141. The highest BCUT2D eigenvalue weighted by Gasteiger charge is 2.38. The van der Waals surface area contributed by atoms with Gasteiger partial charge < -0.3 is 15.6 Å². The van der Waals surface area contributed by atoms with E-state index in [0.717, 1.165) is 6.08 Å². The minimum Gasteiger partial charge on any atom is -0.480 e. The fraction of sp³-hybridized carbons (Fsp3) is 0.154. The van der Waals surface area contributed by atoms with Crippen LogP contribution in [0, 0.1) is 0 Å². The van der Waals surface area contributed by atoms with Gasteiger partial charge in [0.05, 0.1) is 0 Å². The average Bonchev–Trinajstić information content (AvgIpc) is 2.41. The third-order valence-corrected chi connectivity index (χ3v) is 3.86. The van der Waals surface area contributed by atoms with Crippen LogP contribution in [0.2, 0.25) is 0 Å².